The molecule has 3 aromatic rings. The molecule has 0 spiro atoms. The minimum absolute atomic E-state index is 0.159. The number of hydrogen-bond acceptors (Lipinski definition) is 5. The number of fused-ring (bicyclic) bond motifs is 3. The average molecular weight is 362 g/mol. The number of hydrogen-bond donors (Lipinski definition) is 0. The van der Waals surface area contributed by atoms with E-state index in [2.05, 4.69) is 9.97 Å². The number of rotatable bonds is 2. The van der Waals surface area contributed by atoms with Crippen LogP contribution in [0.25, 0.3) is 26.1 Å². The van der Waals surface area contributed by atoms with Crippen molar-refractivity contribution < 1.29 is 8.78 Å². The Labute approximate surface area is 146 Å². The van der Waals surface area contributed by atoms with Crippen LogP contribution in [0, 0.1) is 0 Å². The lowest BCUT2D eigenvalue weighted by molar-refractivity contribution is -0.00662. The fourth-order valence-corrected chi connectivity index (χ4v) is 4.16. The number of allylic oxidation sites excluding steroid dienone is 2. The average Bonchev–Trinajstić information content (AvgIpc) is 2.95. The Balaban J connectivity index is 1.93. The third-order valence-corrected chi connectivity index (χ3v) is 5.51. The third-order valence-electron chi connectivity index (χ3n) is 4.43. The minimum atomic E-state index is -2.69. The maximum absolute atomic E-state index is 13.3. The summed E-state index contributed by atoms with van der Waals surface area (Å²) >= 11 is 1.29. The maximum atomic E-state index is 13.3. The fraction of sp³-hybridized carbons (Fsp3) is 0.353. The zero-order valence-electron chi connectivity index (χ0n) is 13.8. The van der Waals surface area contributed by atoms with Crippen LogP contribution in [0.1, 0.15) is 19.3 Å². The van der Waals surface area contributed by atoms with E-state index in [1.807, 2.05) is 25.1 Å². The van der Waals surface area contributed by atoms with E-state index in [-0.39, 0.29) is 24.8 Å². The number of aromatic nitrogens is 3. The summed E-state index contributed by atoms with van der Waals surface area (Å²) in [5.41, 5.74) is 1.91. The summed E-state index contributed by atoms with van der Waals surface area (Å²) in [4.78, 5) is 24.4. The van der Waals surface area contributed by atoms with Gasteiger partial charge in [0.1, 0.15) is 15.9 Å². The van der Waals surface area contributed by atoms with Gasteiger partial charge < -0.3 is 4.90 Å². The van der Waals surface area contributed by atoms with Crippen LogP contribution < -0.4 is 10.5 Å². The molecule has 130 valence electrons. The van der Waals surface area contributed by atoms with Crippen LogP contribution in [0.2, 0.25) is 0 Å². The molecule has 1 aliphatic rings. The van der Waals surface area contributed by atoms with Gasteiger partial charge in [0.2, 0.25) is 0 Å². The van der Waals surface area contributed by atoms with Crippen LogP contribution >= 0.6 is 11.3 Å². The van der Waals surface area contributed by atoms with Gasteiger partial charge in [-0.2, -0.15) is 0 Å². The summed E-state index contributed by atoms with van der Waals surface area (Å²) in [7, 11) is 3.85. The molecule has 0 aliphatic heterocycles. The molecule has 0 atom stereocenters. The highest BCUT2D eigenvalue weighted by atomic mass is 32.1. The van der Waals surface area contributed by atoms with Crippen molar-refractivity contribution in [3.63, 3.8) is 0 Å². The quantitative estimate of drug-likeness (QED) is 0.697. The van der Waals surface area contributed by atoms with Crippen LogP contribution in [0.3, 0.4) is 0 Å². The van der Waals surface area contributed by atoms with Crippen molar-refractivity contribution in [2.45, 2.75) is 25.2 Å². The van der Waals surface area contributed by atoms with Crippen molar-refractivity contribution in [1.82, 2.24) is 14.5 Å². The molecule has 0 bridgehead atoms. The van der Waals surface area contributed by atoms with Gasteiger partial charge in [-0.15, -0.1) is 11.3 Å². The molecule has 0 aromatic carbocycles. The number of alkyl halides is 2. The first-order valence-corrected chi connectivity index (χ1v) is 8.72. The Hall–Kier alpha value is -2.35. The van der Waals surface area contributed by atoms with Crippen molar-refractivity contribution >= 4 is 43.2 Å². The van der Waals surface area contributed by atoms with Gasteiger partial charge >= 0.3 is 0 Å². The SMILES string of the molecule is CN(C)c1ccnc2sc3c(=O)n(C4=CCC(F)(F)CC4)cnc3c12. The lowest BCUT2D eigenvalue weighted by Gasteiger charge is -2.22. The zero-order valence-corrected chi connectivity index (χ0v) is 14.6. The van der Waals surface area contributed by atoms with Crippen molar-refractivity contribution in [3.05, 3.63) is 35.0 Å². The van der Waals surface area contributed by atoms with Gasteiger partial charge in [0, 0.05) is 38.8 Å². The minimum Gasteiger partial charge on any atom is -0.377 e. The Kier molecular flexibility index (Phi) is 3.61. The number of halogens is 2. The monoisotopic (exact) mass is 362 g/mol. The molecule has 0 N–H and O–H groups in total. The first-order chi connectivity index (χ1) is 11.9. The number of anilines is 1. The Bertz CT molecular complexity index is 1070. The highest BCUT2D eigenvalue weighted by Crippen LogP contribution is 2.36. The topological polar surface area (TPSA) is 51.0 Å². The zero-order chi connectivity index (χ0) is 17.8. The van der Waals surface area contributed by atoms with E-state index in [1.165, 1.54) is 28.3 Å². The van der Waals surface area contributed by atoms with Crippen molar-refractivity contribution in [2.24, 2.45) is 0 Å². The number of nitrogens with zero attached hydrogens (tertiary/aromatic N) is 4. The summed E-state index contributed by atoms with van der Waals surface area (Å²) in [6.45, 7) is 0. The molecule has 3 heterocycles. The summed E-state index contributed by atoms with van der Waals surface area (Å²) in [5.74, 6) is -2.69. The van der Waals surface area contributed by atoms with Gasteiger partial charge in [0.25, 0.3) is 11.5 Å². The Morgan fingerprint density at radius 1 is 1.32 bits per heavy atom. The molecular formula is C17H16F2N4OS. The molecular weight excluding hydrogens is 346 g/mol. The predicted octanol–water partition coefficient (Wildman–Crippen LogP) is 3.73. The van der Waals surface area contributed by atoms with Crippen LogP contribution in [0.15, 0.2) is 29.5 Å². The second-order valence-corrected chi connectivity index (χ2v) is 7.36. The van der Waals surface area contributed by atoms with E-state index >= 15 is 0 Å². The molecule has 4 rings (SSSR count). The number of pyridine rings is 1. The second-order valence-electron chi connectivity index (χ2n) is 6.36. The molecule has 3 aromatic heterocycles. The highest BCUT2D eigenvalue weighted by Gasteiger charge is 2.31. The van der Waals surface area contributed by atoms with E-state index in [1.54, 1.807) is 6.20 Å². The summed E-state index contributed by atoms with van der Waals surface area (Å²) in [6.07, 6.45) is 4.16. The van der Waals surface area contributed by atoms with Gasteiger partial charge in [-0.3, -0.25) is 9.36 Å². The van der Waals surface area contributed by atoms with Gasteiger partial charge in [-0.05, 0) is 12.5 Å². The number of thiophene rings is 1. The highest BCUT2D eigenvalue weighted by molar-refractivity contribution is 7.25. The van der Waals surface area contributed by atoms with Gasteiger partial charge in [-0.25, -0.2) is 18.7 Å². The van der Waals surface area contributed by atoms with Gasteiger partial charge in [0.05, 0.1) is 16.6 Å². The molecule has 0 fully saturated rings. The van der Waals surface area contributed by atoms with Crippen molar-refractivity contribution in [2.75, 3.05) is 19.0 Å². The Morgan fingerprint density at radius 3 is 2.80 bits per heavy atom. The smallest absolute Gasteiger partial charge is 0.275 e. The molecule has 0 amide bonds. The van der Waals surface area contributed by atoms with Gasteiger partial charge in [0.15, 0.2) is 0 Å². The van der Waals surface area contributed by atoms with Crippen LogP contribution in [-0.4, -0.2) is 34.6 Å². The fourth-order valence-electron chi connectivity index (χ4n) is 3.12. The molecule has 25 heavy (non-hydrogen) atoms. The van der Waals surface area contributed by atoms with E-state index in [4.69, 9.17) is 0 Å². The van der Waals surface area contributed by atoms with E-state index in [9.17, 15) is 13.6 Å². The first kappa shape index (κ1) is 16.1. The largest absolute Gasteiger partial charge is 0.377 e. The molecule has 0 radical (unpaired) electrons. The standard InChI is InChI=1S/C17H16F2N4OS/c1-22(2)11-5-8-20-15-12(11)13-14(25-15)16(24)23(9-21-13)10-3-6-17(18,19)7-4-10/h3,5,8-9H,4,6-7H2,1-2H3. The molecule has 1 aliphatic carbocycles. The van der Waals surface area contributed by atoms with E-state index < -0.39 is 5.92 Å². The third kappa shape index (κ3) is 2.60. The summed E-state index contributed by atoms with van der Waals surface area (Å²) in [5, 5.41) is 0.848. The second kappa shape index (κ2) is 5.59. The molecule has 0 saturated carbocycles. The molecule has 5 nitrogen and oxygen atoms in total. The lowest BCUT2D eigenvalue weighted by atomic mass is 10.0. The summed E-state index contributed by atoms with van der Waals surface area (Å²) in [6, 6.07) is 1.88. The van der Waals surface area contributed by atoms with Crippen molar-refractivity contribution in [3.8, 4) is 0 Å². The van der Waals surface area contributed by atoms with E-state index in [0.717, 1.165) is 15.9 Å². The molecule has 0 saturated heterocycles. The lowest BCUT2D eigenvalue weighted by Crippen LogP contribution is -2.25. The van der Waals surface area contributed by atoms with Crippen LogP contribution in [-0.2, 0) is 0 Å². The Morgan fingerprint density at radius 2 is 2.12 bits per heavy atom. The molecule has 0 unspecified atom stereocenters. The first-order valence-electron chi connectivity index (χ1n) is 7.91. The normalized spacial score (nSPS) is 17.0. The molecule has 8 heteroatoms. The van der Waals surface area contributed by atoms with Crippen LogP contribution in [0.5, 0.6) is 0 Å². The predicted molar refractivity (Wildman–Crippen MR) is 96.6 cm³/mol. The van der Waals surface area contributed by atoms with Gasteiger partial charge in [-0.1, -0.05) is 6.08 Å². The summed E-state index contributed by atoms with van der Waals surface area (Å²) < 4.78 is 28.6. The van der Waals surface area contributed by atoms with Crippen LogP contribution in [0.4, 0.5) is 14.5 Å². The maximum Gasteiger partial charge on any atom is 0.275 e. The van der Waals surface area contributed by atoms with E-state index in [0.29, 0.717) is 15.9 Å². The van der Waals surface area contributed by atoms with Crippen molar-refractivity contribution in [1.29, 1.82) is 0 Å².